The summed E-state index contributed by atoms with van der Waals surface area (Å²) in [4.78, 5) is 10.3. The molecule has 114 valence electrons. The highest BCUT2D eigenvalue weighted by Gasteiger charge is 1.98. The van der Waals surface area contributed by atoms with Crippen molar-refractivity contribution in [1.82, 2.24) is 0 Å². The minimum absolute atomic E-state index is 0.237. The maximum atomic E-state index is 10.3. The van der Waals surface area contributed by atoms with Gasteiger partial charge in [0.2, 0.25) is 0 Å². The second kappa shape index (κ2) is 15.6. The molecule has 0 bridgehead atoms. The lowest BCUT2D eigenvalue weighted by Gasteiger charge is -2.04. The van der Waals surface area contributed by atoms with E-state index in [-0.39, 0.29) is 6.04 Å². The lowest BCUT2D eigenvalue weighted by molar-refractivity contribution is -0.109. The van der Waals surface area contributed by atoms with Crippen LogP contribution in [0.1, 0.15) is 83.5 Å². The van der Waals surface area contributed by atoms with E-state index in [1.54, 1.807) is 0 Å². The van der Waals surface area contributed by atoms with Crippen LogP contribution in [0.4, 0.5) is 0 Å². The Morgan fingerprint density at radius 2 is 1.05 bits per heavy atom. The van der Waals surface area contributed by atoms with E-state index in [4.69, 9.17) is 11.5 Å². The first-order chi connectivity index (χ1) is 9.31. The van der Waals surface area contributed by atoms with Crippen molar-refractivity contribution in [3.8, 4) is 0 Å². The largest absolute Gasteiger partial charge is 0.330 e. The highest BCUT2D eigenvalue weighted by Crippen LogP contribution is 2.12. The number of nitrogens with two attached hydrogens (primary N) is 2. The summed E-state index contributed by atoms with van der Waals surface area (Å²) in [6.07, 6.45) is 17.4. The van der Waals surface area contributed by atoms with Crippen LogP contribution >= 0.6 is 0 Å². The third-order valence-electron chi connectivity index (χ3n) is 3.67. The molecule has 0 radical (unpaired) electrons. The third-order valence-corrected chi connectivity index (χ3v) is 3.67. The number of rotatable bonds is 15. The maximum absolute atomic E-state index is 10.3. The van der Waals surface area contributed by atoms with Gasteiger partial charge in [0.05, 0.1) is 6.04 Å². The average molecular weight is 270 g/mol. The smallest absolute Gasteiger partial charge is 0.136 e. The minimum Gasteiger partial charge on any atom is -0.330 e. The lowest BCUT2D eigenvalue weighted by Crippen LogP contribution is -2.20. The predicted octanol–water partition coefficient (Wildman–Crippen LogP) is 3.54. The first-order valence-electron chi connectivity index (χ1n) is 8.22. The molecular formula is C16H34N2O. The van der Waals surface area contributed by atoms with Crippen LogP contribution in [0.25, 0.3) is 0 Å². The fraction of sp³-hybridized carbons (Fsp3) is 0.938. The molecule has 1 unspecified atom stereocenters. The standard InChI is InChI=1S/C16H34N2O/c17-14-12-10-8-6-4-2-1-3-5-7-9-11-13-16(18)15-19/h15-16H,1-14,17-18H2. The molecule has 1 atom stereocenters. The van der Waals surface area contributed by atoms with Gasteiger partial charge in [-0.3, -0.25) is 0 Å². The van der Waals surface area contributed by atoms with Gasteiger partial charge in [0, 0.05) is 0 Å². The minimum atomic E-state index is -0.237. The molecule has 0 fully saturated rings. The van der Waals surface area contributed by atoms with E-state index in [2.05, 4.69) is 0 Å². The van der Waals surface area contributed by atoms with Crippen molar-refractivity contribution in [2.75, 3.05) is 6.54 Å². The van der Waals surface area contributed by atoms with Crippen molar-refractivity contribution in [3.05, 3.63) is 0 Å². The van der Waals surface area contributed by atoms with Gasteiger partial charge in [-0.15, -0.1) is 0 Å². The average Bonchev–Trinajstić information content (AvgIpc) is 2.43. The molecule has 0 aliphatic heterocycles. The molecule has 4 N–H and O–H groups in total. The van der Waals surface area contributed by atoms with E-state index in [0.717, 1.165) is 25.7 Å². The Morgan fingerprint density at radius 1 is 0.684 bits per heavy atom. The summed E-state index contributed by atoms with van der Waals surface area (Å²) in [5, 5.41) is 0. The summed E-state index contributed by atoms with van der Waals surface area (Å²) in [5.41, 5.74) is 11.0. The van der Waals surface area contributed by atoms with Crippen molar-refractivity contribution in [2.45, 2.75) is 89.5 Å². The number of aldehydes is 1. The summed E-state index contributed by atoms with van der Waals surface area (Å²) in [6, 6.07) is -0.237. The molecule has 0 aliphatic rings. The van der Waals surface area contributed by atoms with Gasteiger partial charge in [0.25, 0.3) is 0 Å². The molecule has 0 aromatic heterocycles. The predicted molar refractivity (Wildman–Crippen MR) is 83.1 cm³/mol. The number of unbranched alkanes of at least 4 members (excludes halogenated alkanes) is 11. The normalized spacial score (nSPS) is 12.5. The number of carbonyl (C=O) groups is 1. The van der Waals surface area contributed by atoms with Gasteiger partial charge in [0.1, 0.15) is 6.29 Å². The van der Waals surface area contributed by atoms with Gasteiger partial charge < -0.3 is 16.3 Å². The Morgan fingerprint density at radius 3 is 1.42 bits per heavy atom. The van der Waals surface area contributed by atoms with E-state index in [1.807, 2.05) is 0 Å². The number of hydrogen-bond acceptors (Lipinski definition) is 3. The van der Waals surface area contributed by atoms with Gasteiger partial charge in [-0.1, -0.05) is 70.6 Å². The van der Waals surface area contributed by atoms with Gasteiger partial charge >= 0.3 is 0 Å². The third kappa shape index (κ3) is 15.5. The zero-order valence-electron chi connectivity index (χ0n) is 12.6. The number of carbonyl (C=O) groups excluding carboxylic acids is 1. The molecule has 3 heteroatoms. The zero-order valence-corrected chi connectivity index (χ0v) is 12.6. The molecule has 3 nitrogen and oxygen atoms in total. The van der Waals surface area contributed by atoms with Crippen molar-refractivity contribution in [1.29, 1.82) is 0 Å². The molecule has 0 heterocycles. The van der Waals surface area contributed by atoms with Gasteiger partial charge in [-0.25, -0.2) is 0 Å². The van der Waals surface area contributed by atoms with Crippen LogP contribution in [0.15, 0.2) is 0 Å². The SMILES string of the molecule is NCCCCCCCCCCCCCCC(N)C=O. The number of hydrogen-bond donors (Lipinski definition) is 2. The van der Waals surface area contributed by atoms with Gasteiger partial charge in [-0.05, 0) is 19.4 Å². The first-order valence-corrected chi connectivity index (χ1v) is 8.22. The Kier molecular flexibility index (Phi) is 15.3. The zero-order chi connectivity index (χ0) is 14.2. The molecule has 0 aromatic carbocycles. The molecule has 0 spiro atoms. The summed E-state index contributed by atoms with van der Waals surface area (Å²) in [5.74, 6) is 0. The second-order valence-corrected chi connectivity index (χ2v) is 5.62. The molecule has 0 rings (SSSR count). The van der Waals surface area contributed by atoms with Crippen molar-refractivity contribution < 1.29 is 4.79 Å². The van der Waals surface area contributed by atoms with Crippen LogP contribution in [-0.2, 0) is 4.79 Å². The fourth-order valence-corrected chi connectivity index (χ4v) is 2.36. The van der Waals surface area contributed by atoms with E-state index < -0.39 is 0 Å². The monoisotopic (exact) mass is 270 g/mol. The Balaban J connectivity index is 2.97. The van der Waals surface area contributed by atoms with Crippen LogP contribution in [0, 0.1) is 0 Å². The highest BCUT2D eigenvalue weighted by atomic mass is 16.1. The van der Waals surface area contributed by atoms with E-state index in [0.29, 0.717) is 0 Å². The maximum Gasteiger partial charge on any atom is 0.136 e. The lowest BCUT2D eigenvalue weighted by atomic mass is 10.0. The molecule has 0 saturated heterocycles. The molecule has 0 aliphatic carbocycles. The van der Waals surface area contributed by atoms with E-state index >= 15 is 0 Å². The topological polar surface area (TPSA) is 69.1 Å². The molecular weight excluding hydrogens is 236 g/mol. The Labute approximate surface area is 119 Å². The van der Waals surface area contributed by atoms with Crippen LogP contribution < -0.4 is 11.5 Å². The first kappa shape index (κ1) is 18.6. The quantitative estimate of drug-likeness (QED) is 0.353. The molecule has 0 amide bonds. The van der Waals surface area contributed by atoms with Crippen LogP contribution in [0.5, 0.6) is 0 Å². The van der Waals surface area contributed by atoms with Crippen molar-refractivity contribution in [2.24, 2.45) is 11.5 Å². The second-order valence-electron chi connectivity index (χ2n) is 5.62. The van der Waals surface area contributed by atoms with E-state index in [1.165, 1.54) is 70.6 Å². The van der Waals surface area contributed by atoms with Crippen molar-refractivity contribution >= 4 is 6.29 Å². The molecule has 0 saturated carbocycles. The Bertz CT molecular complexity index is 186. The molecule has 0 aromatic rings. The van der Waals surface area contributed by atoms with Crippen LogP contribution in [0.2, 0.25) is 0 Å². The molecule has 19 heavy (non-hydrogen) atoms. The van der Waals surface area contributed by atoms with Crippen LogP contribution in [0.3, 0.4) is 0 Å². The van der Waals surface area contributed by atoms with Gasteiger partial charge in [-0.2, -0.15) is 0 Å². The van der Waals surface area contributed by atoms with Crippen molar-refractivity contribution in [3.63, 3.8) is 0 Å². The summed E-state index contributed by atoms with van der Waals surface area (Å²) < 4.78 is 0. The summed E-state index contributed by atoms with van der Waals surface area (Å²) in [7, 11) is 0. The summed E-state index contributed by atoms with van der Waals surface area (Å²) in [6.45, 7) is 0.845. The Hall–Kier alpha value is -0.410. The highest BCUT2D eigenvalue weighted by molar-refractivity contribution is 5.56. The van der Waals surface area contributed by atoms with Crippen LogP contribution in [-0.4, -0.2) is 18.9 Å². The summed E-state index contributed by atoms with van der Waals surface area (Å²) >= 11 is 0. The fourth-order valence-electron chi connectivity index (χ4n) is 2.36. The van der Waals surface area contributed by atoms with E-state index in [9.17, 15) is 4.79 Å². The van der Waals surface area contributed by atoms with Gasteiger partial charge in [0.15, 0.2) is 0 Å².